The minimum absolute atomic E-state index is 0.0442. The Morgan fingerprint density at radius 2 is 1.90 bits per heavy atom. The molecule has 3 heterocycles. The number of nitrogens with zero attached hydrogens (tertiary/aromatic N) is 2. The molecule has 216 valence electrons. The van der Waals surface area contributed by atoms with Crippen molar-refractivity contribution in [3.63, 3.8) is 0 Å². The van der Waals surface area contributed by atoms with Crippen LogP contribution in [0, 0.1) is 5.41 Å². The van der Waals surface area contributed by atoms with Crippen molar-refractivity contribution < 1.29 is 23.9 Å². The molecule has 1 N–H and O–H groups in total. The normalized spacial score (nSPS) is 20.8. The Morgan fingerprint density at radius 3 is 2.62 bits per heavy atom. The van der Waals surface area contributed by atoms with E-state index in [0.717, 1.165) is 51.6 Å². The largest absolute Gasteiger partial charge is 0.444 e. The van der Waals surface area contributed by atoms with Crippen LogP contribution in [-0.2, 0) is 27.1 Å². The topological polar surface area (TPSA) is 88.2 Å². The number of alkyl carbamates (subject to hydrolysis) is 1. The van der Waals surface area contributed by atoms with E-state index in [0.29, 0.717) is 39.1 Å². The van der Waals surface area contributed by atoms with Crippen LogP contribution in [0.15, 0.2) is 24.3 Å². The fourth-order valence-corrected chi connectivity index (χ4v) is 7.22. The highest BCUT2D eigenvalue weighted by atomic mass is 32.1. The Bertz CT molecular complexity index is 1290. The van der Waals surface area contributed by atoms with Crippen LogP contribution in [0.5, 0.6) is 0 Å². The first-order valence-corrected chi connectivity index (χ1v) is 15.1. The zero-order chi connectivity index (χ0) is 28.7. The molecular formula is C31H41N3O5S. The molecule has 0 unspecified atom stereocenters. The summed E-state index contributed by atoms with van der Waals surface area (Å²) in [5.41, 5.74) is 3.64. The third-order valence-corrected chi connectivity index (χ3v) is 9.00. The van der Waals surface area contributed by atoms with Crippen LogP contribution < -0.4 is 10.2 Å². The molecule has 3 aliphatic rings. The van der Waals surface area contributed by atoms with Gasteiger partial charge in [-0.15, -0.1) is 11.3 Å². The summed E-state index contributed by atoms with van der Waals surface area (Å²) in [6, 6.07) is 8.11. The molecule has 8 nitrogen and oxygen atoms in total. The number of amides is 2. The van der Waals surface area contributed by atoms with Crippen LogP contribution in [0.3, 0.4) is 0 Å². The van der Waals surface area contributed by atoms with Crippen LogP contribution in [-0.4, -0.2) is 73.7 Å². The molecule has 0 spiro atoms. The van der Waals surface area contributed by atoms with Crippen LogP contribution in [0.25, 0.3) is 11.1 Å². The molecule has 2 aromatic rings. The number of thiophene rings is 1. The molecule has 1 atom stereocenters. The number of rotatable bonds is 5. The molecule has 5 rings (SSSR count). The van der Waals surface area contributed by atoms with Gasteiger partial charge in [0.2, 0.25) is 5.91 Å². The fraction of sp³-hybridized carbons (Fsp3) is 0.581. The molecule has 40 heavy (non-hydrogen) atoms. The summed E-state index contributed by atoms with van der Waals surface area (Å²) in [6.45, 7) is 13.9. The molecule has 1 aliphatic carbocycles. The second-order valence-electron chi connectivity index (χ2n) is 13.0. The van der Waals surface area contributed by atoms with Gasteiger partial charge >= 0.3 is 6.09 Å². The van der Waals surface area contributed by atoms with E-state index in [1.54, 1.807) is 11.3 Å². The molecule has 1 aromatic carbocycles. The first-order chi connectivity index (χ1) is 18.9. The number of morpholine rings is 1. The van der Waals surface area contributed by atoms with Crippen molar-refractivity contribution in [2.45, 2.75) is 71.9 Å². The lowest BCUT2D eigenvalue weighted by atomic mass is 9.75. The third-order valence-electron chi connectivity index (χ3n) is 7.67. The predicted molar refractivity (Wildman–Crippen MR) is 157 cm³/mol. The first kappa shape index (κ1) is 28.6. The first-order valence-electron chi connectivity index (χ1n) is 14.3. The highest BCUT2D eigenvalue weighted by molar-refractivity contribution is 7.19. The predicted octanol–water partition coefficient (Wildman–Crippen LogP) is 5.07. The molecule has 1 aromatic heterocycles. The summed E-state index contributed by atoms with van der Waals surface area (Å²) >= 11 is 1.62. The average molecular weight is 568 g/mol. The van der Waals surface area contributed by atoms with Crippen molar-refractivity contribution in [2.24, 2.45) is 5.41 Å². The van der Waals surface area contributed by atoms with Gasteiger partial charge in [-0.25, -0.2) is 4.79 Å². The summed E-state index contributed by atoms with van der Waals surface area (Å²) in [6.07, 6.45) is 1.97. The maximum atomic E-state index is 13.3. The van der Waals surface area contributed by atoms with Gasteiger partial charge in [-0.2, -0.15) is 0 Å². The number of hydrogen-bond acceptors (Lipinski definition) is 7. The second kappa shape index (κ2) is 11.2. The van der Waals surface area contributed by atoms with Crippen LogP contribution in [0.2, 0.25) is 0 Å². The average Bonchev–Trinajstić information content (AvgIpc) is 3.48. The number of fused-ring (bicyclic) bond motifs is 1. The van der Waals surface area contributed by atoms with Gasteiger partial charge in [-0.3, -0.25) is 9.59 Å². The number of ether oxygens (including phenoxy) is 2. The fourth-order valence-electron chi connectivity index (χ4n) is 5.89. The Morgan fingerprint density at radius 1 is 1.15 bits per heavy atom. The molecule has 2 amide bonds. The number of hydrogen-bond donors (Lipinski definition) is 1. The monoisotopic (exact) mass is 567 g/mol. The number of ketones is 1. The van der Waals surface area contributed by atoms with Gasteiger partial charge in [0, 0.05) is 38.2 Å². The van der Waals surface area contributed by atoms with Crippen molar-refractivity contribution in [1.29, 1.82) is 0 Å². The summed E-state index contributed by atoms with van der Waals surface area (Å²) in [5, 5.41) is 4.03. The van der Waals surface area contributed by atoms with Gasteiger partial charge < -0.3 is 24.6 Å². The lowest BCUT2D eigenvalue weighted by Crippen LogP contribution is -2.41. The van der Waals surface area contributed by atoms with E-state index in [2.05, 4.69) is 36.2 Å². The van der Waals surface area contributed by atoms with Gasteiger partial charge in [0.15, 0.2) is 5.78 Å². The zero-order valence-corrected chi connectivity index (χ0v) is 25.1. The number of Topliss-reactive ketones (excluding diaryl/α,β-unsaturated/α-hetero) is 1. The van der Waals surface area contributed by atoms with Crippen molar-refractivity contribution >= 4 is 34.1 Å². The molecule has 9 heteroatoms. The van der Waals surface area contributed by atoms with Gasteiger partial charge in [0.25, 0.3) is 0 Å². The number of benzene rings is 1. The van der Waals surface area contributed by atoms with Crippen LogP contribution in [0.1, 0.15) is 68.3 Å². The highest BCUT2D eigenvalue weighted by Gasteiger charge is 2.37. The Balaban J connectivity index is 1.35. The summed E-state index contributed by atoms with van der Waals surface area (Å²) in [4.78, 5) is 43.7. The molecule has 2 fully saturated rings. The molecule has 2 aliphatic heterocycles. The van der Waals surface area contributed by atoms with Gasteiger partial charge in [-0.05, 0) is 55.7 Å². The lowest BCUT2D eigenvalue weighted by Gasteiger charge is -2.30. The van der Waals surface area contributed by atoms with E-state index in [1.165, 1.54) is 0 Å². The quantitative estimate of drug-likeness (QED) is 0.543. The number of anilines is 1. The molecule has 0 radical (unpaired) electrons. The third kappa shape index (κ3) is 6.52. The maximum Gasteiger partial charge on any atom is 0.407 e. The van der Waals surface area contributed by atoms with E-state index in [4.69, 9.17) is 9.47 Å². The van der Waals surface area contributed by atoms with Crippen molar-refractivity contribution in [2.75, 3.05) is 44.3 Å². The van der Waals surface area contributed by atoms with Crippen LogP contribution >= 0.6 is 11.3 Å². The molecular weight excluding hydrogens is 526 g/mol. The molecule has 2 saturated heterocycles. The number of carbonyl (C=O) groups is 3. The second-order valence-corrected chi connectivity index (χ2v) is 14.0. The molecule has 0 bridgehead atoms. The van der Waals surface area contributed by atoms with Gasteiger partial charge in [0.05, 0.1) is 35.6 Å². The number of nitrogens with one attached hydrogen (secondary N) is 1. The van der Waals surface area contributed by atoms with E-state index < -0.39 is 11.7 Å². The zero-order valence-electron chi connectivity index (χ0n) is 24.3. The SMILES string of the molecule is CC1(C)CC(=O)c2sc(N3CCOCC3)c(-c3cccc(CC(=O)N4CC[C@H](NC(=O)OC(C)(C)C)C4)c3)c2C1. The van der Waals surface area contributed by atoms with E-state index in [-0.39, 0.29) is 29.6 Å². The minimum Gasteiger partial charge on any atom is -0.444 e. The minimum atomic E-state index is -0.560. The Labute approximate surface area is 241 Å². The number of likely N-dealkylation sites (tertiary alicyclic amines) is 1. The van der Waals surface area contributed by atoms with E-state index in [1.807, 2.05) is 37.8 Å². The van der Waals surface area contributed by atoms with E-state index in [9.17, 15) is 14.4 Å². The molecule has 0 saturated carbocycles. The Hall–Kier alpha value is -2.91. The lowest BCUT2D eigenvalue weighted by molar-refractivity contribution is -0.129. The van der Waals surface area contributed by atoms with Crippen LogP contribution in [0.4, 0.5) is 9.80 Å². The van der Waals surface area contributed by atoms with Crippen molar-refractivity contribution in [3.05, 3.63) is 40.3 Å². The summed E-state index contributed by atoms with van der Waals surface area (Å²) in [5.74, 6) is 0.273. The van der Waals surface area contributed by atoms with Crippen molar-refractivity contribution in [3.8, 4) is 11.1 Å². The smallest absolute Gasteiger partial charge is 0.407 e. The highest BCUT2D eigenvalue weighted by Crippen LogP contribution is 2.49. The van der Waals surface area contributed by atoms with Gasteiger partial charge in [0.1, 0.15) is 5.60 Å². The standard InChI is InChI=1S/C31H41N3O5S/c1-30(2,3)39-29(37)32-22-9-10-34(19-22)25(36)16-20-7-6-8-21(15-20)26-23-17-31(4,5)18-24(35)27(23)40-28(26)33-11-13-38-14-12-33/h6-8,15,22H,9-14,16-19H2,1-5H3,(H,32,37)/t22-/m0/s1. The maximum absolute atomic E-state index is 13.3. The number of carbonyl (C=O) groups excluding carboxylic acids is 3. The summed E-state index contributed by atoms with van der Waals surface area (Å²) < 4.78 is 11.0. The van der Waals surface area contributed by atoms with E-state index >= 15 is 0 Å². The Kier molecular flexibility index (Phi) is 7.99. The summed E-state index contributed by atoms with van der Waals surface area (Å²) in [7, 11) is 0. The van der Waals surface area contributed by atoms with Gasteiger partial charge in [-0.1, -0.05) is 38.1 Å². The van der Waals surface area contributed by atoms with Crippen molar-refractivity contribution in [1.82, 2.24) is 10.2 Å².